The molecule has 0 amide bonds. The van der Waals surface area contributed by atoms with Crippen molar-refractivity contribution < 1.29 is 50.4 Å². The number of nitrogens with zero attached hydrogens (tertiary/aromatic N) is 2. The highest BCUT2D eigenvalue weighted by Crippen LogP contribution is 2.60. The molecule has 2 fully saturated rings. The molecular formula is C61H85N4O15P3Si2. The molecule has 0 radical (unpaired) electrons. The molecule has 19 nitrogen and oxygen atoms in total. The summed E-state index contributed by atoms with van der Waals surface area (Å²) in [6, 6.07) is 41.0. The van der Waals surface area contributed by atoms with Gasteiger partial charge >= 0.3 is 19.0 Å². The minimum absolute atomic E-state index is 0. The molecule has 0 spiro atoms. The van der Waals surface area contributed by atoms with Gasteiger partial charge in [-0.1, -0.05) is 170 Å². The summed E-state index contributed by atoms with van der Waals surface area (Å²) in [5.41, 5.74) is -1.15. The molecule has 2 aliphatic heterocycles. The first-order chi connectivity index (χ1) is 39.4. The Balaban J connectivity index is 0.000000259. The molecule has 4 aromatic carbocycles. The Kier molecular flexibility index (Phi) is 24.0. The minimum Gasteiger partial charge on any atom is -0.401 e. The van der Waals surface area contributed by atoms with Gasteiger partial charge in [-0.3, -0.25) is 37.8 Å². The van der Waals surface area contributed by atoms with Gasteiger partial charge in [-0.2, -0.15) is 0 Å². The molecule has 462 valence electrons. The van der Waals surface area contributed by atoms with Gasteiger partial charge in [0.05, 0.1) is 12.2 Å². The minimum atomic E-state index is -3.21. The first-order valence-corrected chi connectivity index (χ1v) is 37.9. The molecular weight excluding hydrogens is 1180 g/mol. The van der Waals surface area contributed by atoms with E-state index in [1.807, 2.05) is 78.9 Å². The molecule has 2 aliphatic rings. The van der Waals surface area contributed by atoms with Crippen LogP contribution in [0.15, 0.2) is 165 Å². The number of aryl methyl sites for hydroxylation is 2. The van der Waals surface area contributed by atoms with Crippen LogP contribution < -0.4 is 43.2 Å². The monoisotopic (exact) mass is 1260 g/mol. The second-order valence-corrected chi connectivity index (χ2v) is 40.6. The number of ether oxygens (including phenoxy) is 2. The van der Waals surface area contributed by atoms with Crippen LogP contribution in [0.3, 0.4) is 0 Å². The summed E-state index contributed by atoms with van der Waals surface area (Å²) in [4.78, 5) is 65.8. The normalized spacial score (nSPS) is 20.1. The summed E-state index contributed by atoms with van der Waals surface area (Å²) in [7, 11) is -10.6. The van der Waals surface area contributed by atoms with E-state index < -0.39 is 98.1 Å². The van der Waals surface area contributed by atoms with Crippen LogP contribution in [0.25, 0.3) is 0 Å². The zero-order chi connectivity index (χ0) is 62.1. The molecule has 8 rings (SSSR count). The topological polar surface area (TPSA) is 243 Å². The Morgan fingerprint density at radius 2 is 0.894 bits per heavy atom. The van der Waals surface area contributed by atoms with Gasteiger partial charge in [0.15, 0.2) is 6.29 Å². The molecule has 85 heavy (non-hydrogen) atoms. The molecule has 2 aromatic heterocycles. The average Bonchev–Trinajstić information content (AvgIpc) is 3.23. The number of aromatic nitrogens is 4. The number of rotatable bonds is 18. The fourth-order valence-electron chi connectivity index (χ4n) is 10.5. The van der Waals surface area contributed by atoms with Gasteiger partial charge < -0.3 is 41.3 Å². The van der Waals surface area contributed by atoms with E-state index in [9.17, 15) is 37.7 Å². The van der Waals surface area contributed by atoms with Crippen molar-refractivity contribution in [1.29, 1.82) is 0 Å². The lowest BCUT2D eigenvalue weighted by Gasteiger charge is -2.45. The van der Waals surface area contributed by atoms with Crippen LogP contribution in [-0.2, 0) is 50.4 Å². The molecule has 4 heterocycles. The fraction of sp³-hybridized carbons (Fsp3) is 0.426. The predicted octanol–water partition coefficient (Wildman–Crippen LogP) is 9.11. The second-order valence-electron chi connectivity index (χ2n) is 23.4. The summed E-state index contributed by atoms with van der Waals surface area (Å²) in [5.74, 6) is 1.51. The number of hydrogen-bond acceptors (Lipinski definition) is 15. The molecule has 6 aromatic rings. The lowest BCUT2D eigenvalue weighted by atomic mass is 10.2. The highest BCUT2D eigenvalue weighted by Gasteiger charge is 2.55. The molecule has 3 unspecified atom stereocenters. The number of carbonyl (C=O) groups is 1. The van der Waals surface area contributed by atoms with Gasteiger partial charge in [-0.15, -0.1) is 0 Å². The smallest absolute Gasteiger partial charge is 0.339 e. The first-order valence-electron chi connectivity index (χ1n) is 27.4. The van der Waals surface area contributed by atoms with Crippen molar-refractivity contribution in [2.45, 2.75) is 123 Å². The molecule has 2 N–H and O–H groups in total. The van der Waals surface area contributed by atoms with Crippen LogP contribution in [0.2, 0.25) is 10.1 Å². The third kappa shape index (κ3) is 16.8. The second kappa shape index (κ2) is 29.0. The van der Waals surface area contributed by atoms with Crippen LogP contribution in [0.4, 0.5) is 0 Å². The highest BCUT2D eigenvalue weighted by molar-refractivity contribution is 7.73. The lowest BCUT2D eigenvalue weighted by Crippen LogP contribution is -2.68. The number of nitrogens with one attached hydrogen (secondary N) is 2. The summed E-state index contributed by atoms with van der Waals surface area (Å²) >= 11 is 0. The molecule has 7 atom stereocenters. The molecule has 0 aliphatic carbocycles. The van der Waals surface area contributed by atoms with E-state index in [2.05, 4.69) is 114 Å². The van der Waals surface area contributed by atoms with Crippen molar-refractivity contribution in [3.63, 3.8) is 0 Å². The Morgan fingerprint density at radius 1 is 0.565 bits per heavy atom. The molecule has 0 bridgehead atoms. The number of aromatic amines is 2. The Morgan fingerprint density at radius 3 is 1.19 bits per heavy atom. The third-order valence-electron chi connectivity index (χ3n) is 14.8. The van der Waals surface area contributed by atoms with Crippen molar-refractivity contribution in [1.82, 2.24) is 19.1 Å². The van der Waals surface area contributed by atoms with E-state index in [1.54, 1.807) is 33.0 Å². The van der Waals surface area contributed by atoms with E-state index in [4.69, 9.17) is 18.3 Å². The van der Waals surface area contributed by atoms with Crippen LogP contribution in [0.1, 0.15) is 85.4 Å². The number of H-pyrrole nitrogens is 2. The number of hydrogen-bond donors (Lipinski definition) is 2. The summed E-state index contributed by atoms with van der Waals surface area (Å²) in [6.07, 6.45) is 2.52. The molecule has 24 heteroatoms. The summed E-state index contributed by atoms with van der Waals surface area (Å²) in [6.45, 7) is 21.2. The van der Waals surface area contributed by atoms with Gasteiger partial charge in [0.2, 0.25) is 7.37 Å². The number of aldehydes is 1. The largest absolute Gasteiger partial charge is 0.401 e. The SMILES string of the molecule is C.COP(C)(=O)CP(=O)(OC)OC.Cc1cn([C@H]2CC(O[Si](c3ccccc3)(c3ccccc3)C(C)(C)C)[C@@H](/C=C/P(C)(C)=O)O2)c(=O)[nH]c1=O.Cc1cn([C@H]2CC(O[Si](c3ccccc3)(c3ccccc3)C(C)(C)C)[C@@H](C=O)O2)c(=O)[nH]c1=O. The van der Waals surface area contributed by atoms with Crippen LogP contribution >= 0.6 is 22.1 Å². The van der Waals surface area contributed by atoms with Crippen molar-refractivity contribution >= 4 is 65.8 Å². The summed E-state index contributed by atoms with van der Waals surface area (Å²) < 4.78 is 78.8. The number of carbonyl (C=O) groups excluding carboxylic acids is 1. The van der Waals surface area contributed by atoms with Crippen molar-refractivity contribution in [2.24, 2.45) is 0 Å². The van der Waals surface area contributed by atoms with E-state index in [-0.39, 0.29) is 23.4 Å². The van der Waals surface area contributed by atoms with E-state index in [0.29, 0.717) is 24.0 Å². The Hall–Kier alpha value is -5.51. The standard InChI is InChI=1S/C29H37N2O5PSi.C26H30N2O5Si.C5H14O5P2.CH4/c1-21-20-31(28(33)30-27(21)32)26-19-25(24(35-26)17-18-37(5,6)34)36-38(29(2,3)4,22-13-9-7-10-14-22)23-15-11-8-12-16-23;1-18-16-28(25(31)27-24(18)30)23-15-21(22(17-29)32-23)33-34(26(2,3)4,19-11-7-5-8-12-19)20-13-9-6-10-14-20;1-8-11(4,6)5-12(7,9-2)10-3;/h7-18,20,24-26H,19H2,1-6H3,(H,30,32,33);5-14,16-17,21-23H,15H2,1-4H3,(H,27,30,31);5H2,1-4H3;1H4/b18-17+;;;/t24-,25?,26-;21?,22-,23-;;/m11../s1. The molecule has 0 saturated carbocycles. The predicted molar refractivity (Wildman–Crippen MR) is 343 cm³/mol. The van der Waals surface area contributed by atoms with Crippen molar-refractivity contribution in [2.75, 3.05) is 47.2 Å². The average molecular weight is 1260 g/mol. The van der Waals surface area contributed by atoms with Gasteiger partial charge in [0.1, 0.15) is 37.7 Å². The zero-order valence-corrected chi connectivity index (χ0v) is 55.1. The first kappa shape index (κ1) is 70.3. The quantitative estimate of drug-likeness (QED) is 0.0463. The van der Waals surface area contributed by atoms with E-state index in [0.717, 1.165) is 27.0 Å². The van der Waals surface area contributed by atoms with Crippen molar-refractivity contribution in [3.05, 3.63) is 198 Å². The Bertz CT molecular complexity index is 3510. The molecule has 2 saturated heterocycles. The lowest BCUT2D eigenvalue weighted by molar-refractivity contribution is -0.122. The fourth-order valence-corrected chi connectivity index (χ4v) is 24.5. The van der Waals surface area contributed by atoms with Gasteiger partial charge in [0.25, 0.3) is 27.8 Å². The van der Waals surface area contributed by atoms with E-state index in [1.165, 1.54) is 49.5 Å². The van der Waals surface area contributed by atoms with Crippen LogP contribution in [0.5, 0.6) is 0 Å². The highest BCUT2D eigenvalue weighted by atomic mass is 31.2. The van der Waals surface area contributed by atoms with E-state index >= 15 is 0 Å². The van der Waals surface area contributed by atoms with Crippen LogP contribution in [0, 0.1) is 13.8 Å². The number of benzene rings is 4. The maximum Gasteiger partial charge on any atom is 0.339 e. The van der Waals surface area contributed by atoms with Gasteiger partial charge in [-0.25, -0.2) is 9.59 Å². The third-order valence-corrected chi connectivity index (χ3v) is 31.1. The summed E-state index contributed by atoms with van der Waals surface area (Å²) in [5, 5.41) is 3.94. The van der Waals surface area contributed by atoms with Gasteiger partial charge in [0, 0.05) is 64.4 Å². The van der Waals surface area contributed by atoms with Crippen molar-refractivity contribution in [3.8, 4) is 0 Å². The Labute approximate surface area is 501 Å². The zero-order valence-electron chi connectivity index (χ0n) is 50.4. The maximum atomic E-state index is 12.7. The maximum absolute atomic E-state index is 12.7. The van der Waals surface area contributed by atoms with Gasteiger partial charge in [-0.05, 0) is 69.9 Å². The van der Waals surface area contributed by atoms with Crippen LogP contribution in [-0.4, -0.2) is 114 Å².